The molecule has 0 radical (unpaired) electrons. The topological polar surface area (TPSA) is 198 Å². The number of rotatable bonds is 4. The third-order valence-corrected chi connectivity index (χ3v) is 6.63. The van der Waals surface area contributed by atoms with Gasteiger partial charge >= 0.3 is 0 Å². The molecule has 0 aliphatic heterocycles. The van der Waals surface area contributed by atoms with Crippen molar-refractivity contribution in [2.24, 2.45) is 0 Å². The van der Waals surface area contributed by atoms with Gasteiger partial charge in [0.25, 0.3) is 17.8 Å². The lowest BCUT2D eigenvalue weighted by molar-refractivity contribution is -0.134. The maximum absolute atomic E-state index is 13.7. The van der Waals surface area contributed by atoms with Gasteiger partial charge < -0.3 is 26.8 Å². The molecule has 6 N–H and O–H groups in total. The van der Waals surface area contributed by atoms with Crippen LogP contribution < -0.4 is 21.7 Å². The second-order valence-corrected chi connectivity index (χ2v) is 15.8. The van der Waals surface area contributed by atoms with E-state index in [0.717, 1.165) is 51.5 Å². The van der Waals surface area contributed by atoms with Gasteiger partial charge in [-0.15, -0.1) is 0 Å². The number of anilines is 2. The largest absolute Gasteiger partial charge is 0.481 e. The number of carboxylic acid groups (broad SMARTS) is 1. The Morgan fingerprint density at radius 2 is 1.33 bits per heavy atom. The quantitative estimate of drug-likeness (QED) is 0.224. The Bertz CT molecular complexity index is 1400. The maximum atomic E-state index is 13.7. The van der Waals surface area contributed by atoms with Crippen LogP contribution in [0.25, 0.3) is 0 Å². The summed E-state index contributed by atoms with van der Waals surface area (Å²) in [7, 11) is 1.57. The molecule has 45 heavy (non-hydrogen) atoms. The first-order valence-electron chi connectivity index (χ1n) is 14.0. The number of ketones is 1. The van der Waals surface area contributed by atoms with Crippen LogP contribution in [0.1, 0.15) is 66.2 Å². The van der Waals surface area contributed by atoms with Crippen LogP contribution in [-0.4, -0.2) is 56.4 Å². The Balaban J connectivity index is 0.000000613. The zero-order chi connectivity index (χ0) is 34.8. The molecule has 2 amide bonds. The van der Waals surface area contributed by atoms with Crippen molar-refractivity contribution in [3.63, 3.8) is 0 Å². The van der Waals surface area contributed by atoms with Crippen molar-refractivity contribution in [3.05, 3.63) is 59.2 Å². The summed E-state index contributed by atoms with van der Waals surface area (Å²) in [5, 5.41) is 32.4. The van der Waals surface area contributed by atoms with Crippen molar-refractivity contribution in [2.45, 2.75) is 70.6 Å². The number of nitrogen functional groups attached to an aromatic ring is 1. The van der Waals surface area contributed by atoms with Gasteiger partial charge in [0.15, 0.2) is 8.07 Å². The molecule has 0 saturated heterocycles. The minimum Gasteiger partial charge on any atom is -0.481 e. The number of amides is 2. The number of benzene rings is 2. The maximum Gasteiger partial charge on any atom is 0.300 e. The van der Waals surface area contributed by atoms with E-state index >= 15 is 0 Å². The van der Waals surface area contributed by atoms with Gasteiger partial charge in [0, 0.05) is 50.9 Å². The van der Waals surface area contributed by atoms with Crippen LogP contribution >= 0.6 is 0 Å². The van der Waals surface area contributed by atoms with Gasteiger partial charge in [0.1, 0.15) is 23.0 Å². The van der Waals surface area contributed by atoms with E-state index in [1.165, 1.54) is 38.4 Å². The minimum atomic E-state index is -1.33. The zero-order valence-corrected chi connectivity index (χ0v) is 27.5. The first kappa shape index (κ1) is 40.2. The van der Waals surface area contributed by atoms with Gasteiger partial charge in [-0.2, -0.15) is 5.26 Å². The highest BCUT2D eigenvalue weighted by molar-refractivity contribution is 6.83. The summed E-state index contributed by atoms with van der Waals surface area (Å²) in [6, 6.07) is 10.4. The fourth-order valence-corrected chi connectivity index (χ4v) is 3.15. The first-order chi connectivity index (χ1) is 20.9. The van der Waals surface area contributed by atoms with Crippen LogP contribution in [0.15, 0.2) is 36.4 Å². The van der Waals surface area contributed by atoms with Gasteiger partial charge in [-0.05, 0) is 62.1 Å². The molecule has 4 rings (SSSR count). The highest BCUT2D eigenvalue weighted by atomic mass is 28.3. The van der Waals surface area contributed by atoms with Crippen LogP contribution in [0, 0.1) is 33.9 Å². The average molecular weight is 645 g/mol. The summed E-state index contributed by atoms with van der Waals surface area (Å²) in [6.07, 6.45) is 5.36. The average Bonchev–Trinajstić information content (AvgIpc) is 2.93. The number of nitriles is 2. The molecule has 2 aliphatic carbocycles. The smallest absolute Gasteiger partial charge is 0.300 e. The standard InChI is InChI=1S/C13H14FN3O.C8H9FN2O.C4H9NSi.C4H6O.C2H4O2/c1-16-12(18)10-4-3-9(7-11(10)14)17-13(8-15)5-2-6-13;1-11-8(12)6-3-2-5(10)4-7(6)9;1-6(2,3)4-5;5-4-2-1-3-4;1-2(3)4/h3-4,7,17H,2,5-6H2,1H3,(H,16,18);2-4H,10H2,1H3,(H,11,12);1-3H3;1-3H2;1H3,(H,3,4). The SMILES string of the molecule is CC(=O)O.CNC(=O)c1ccc(N)cc1F.CNC(=O)c1ccc(NC2(C#N)CCC2)cc1F.C[Si](C)(C)C#N.O=C1CCC1. The fraction of sp³-hybridized carbons (Fsp3) is 0.419. The van der Waals surface area contributed by atoms with Crippen molar-refractivity contribution in [1.82, 2.24) is 10.6 Å². The number of Topliss-reactive ketones (excluding diaryl/α,β-unsaturated/α-hetero) is 1. The lowest BCUT2D eigenvalue weighted by atomic mass is 9.78. The van der Waals surface area contributed by atoms with Gasteiger partial charge in [0.2, 0.25) is 0 Å². The Morgan fingerprint density at radius 3 is 1.60 bits per heavy atom. The second-order valence-electron chi connectivity index (χ2n) is 11.0. The molecule has 2 saturated carbocycles. The molecule has 2 fully saturated rings. The van der Waals surface area contributed by atoms with E-state index in [0.29, 0.717) is 17.2 Å². The van der Waals surface area contributed by atoms with E-state index in [1.807, 2.05) is 19.6 Å². The molecule has 2 aromatic carbocycles. The summed E-state index contributed by atoms with van der Waals surface area (Å²) in [5.41, 5.74) is 7.82. The lowest BCUT2D eigenvalue weighted by Gasteiger charge is -2.36. The number of halogens is 2. The van der Waals surface area contributed by atoms with Gasteiger partial charge in [-0.1, -0.05) is 19.6 Å². The molecule has 0 aromatic heterocycles. The number of carboxylic acids is 1. The first-order valence-corrected chi connectivity index (χ1v) is 17.5. The van der Waals surface area contributed by atoms with Crippen molar-refractivity contribution in [2.75, 3.05) is 25.1 Å². The number of nitrogens with one attached hydrogen (secondary N) is 3. The van der Waals surface area contributed by atoms with E-state index in [-0.39, 0.29) is 11.1 Å². The van der Waals surface area contributed by atoms with E-state index in [2.05, 4.69) is 27.7 Å². The van der Waals surface area contributed by atoms with Crippen molar-refractivity contribution in [3.8, 4) is 11.8 Å². The van der Waals surface area contributed by atoms with Crippen LogP contribution in [0.5, 0.6) is 0 Å². The molecule has 2 aliphatic rings. The summed E-state index contributed by atoms with van der Waals surface area (Å²) in [4.78, 5) is 41.2. The lowest BCUT2D eigenvalue weighted by Crippen LogP contribution is -2.43. The predicted molar refractivity (Wildman–Crippen MR) is 171 cm³/mol. The van der Waals surface area contributed by atoms with Gasteiger partial charge in [0.05, 0.1) is 17.2 Å². The monoisotopic (exact) mass is 644 g/mol. The molecule has 11 nitrogen and oxygen atoms in total. The Morgan fingerprint density at radius 1 is 0.911 bits per heavy atom. The Hall–Kier alpha value is -4.82. The number of aliphatic carboxylic acids is 1. The molecular formula is C31H42F2N6O5Si. The van der Waals surface area contributed by atoms with Crippen LogP contribution in [0.3, 0.4) is 0 Å². The molecular weight excluding hydrogens is 602 g/mol. The number of hydrogen-bond donors (Lipinski definition) is 5. The minimum absolute atomic E-state index is 0.00247. The Kier molecular flexibility index (Phi) is 17.4. The van der Waals surface area contributed by atoms with Crippen molar-refractivity contribution < 1.29 is 33.1 Å². The summed E-state index contributed by atoms with van der Waals surface area (Å²) >= 11 is 0. The molecule has 0 spiro atoms. The van der Waals surface area contributed by atoms with Gasteiger partial charge in [-0.3, -0.25) is 19.2 Å². The molecule has 0 atom stereocenters. The summed E-state index contributed by atoms with van der Waals surface area (Å²) < 4.78 is 26.7. The van der Waals surface area contributed by atoms with E-state index in [1.54, 1.807) is 6.07 Å². The molecule has 14 heteroatoms. The fourth-order valence-electron chi connectivity index (χ4n) is 3.15. The molecule has 0 heterocycles. The molecule has 244 valence electrons. The summed E-state index contributed by atoms with van der Waals surface area (Å²) in [6.45, 7) is 7.15. The second kappa shape index (κ2) is 19.5. The molecule has 2 aromatic rings. The van der Waals surface area contributed by atoms with Crippen LogP contribution in [-0.2, 0) is 9.59 Å². The normalized spacial score (nSPS) is 13.4. The van der Waals surface area contributed by atoms with E-state index in [9.17, 15) is 23.2 Å². The van der Waals surface area contributed by atoms with Crippen LogP contribution in [0.4, 0.5) is 20.2 Å². The van der Waals surface area contributed by atoms with Crippen molar-refractivity contribution in [1.29, 1.82) is 10.5 Å². The van der Waals surface area contributed by atoms with E-state index < -0.39 is 43.0 Å². The number of nitrogens with zero attached hydrogens (tertiary/aromatic N) is 2. The van der Waals surface area contributed by atoms with Gasteiger partial charge in [-0.25, -0.2) is 14.0 Å². The molecule has 0 bridgehead atoms. The number of carbonyl (C=O) groups excluding carboxylic acids is 3. The highest BCUT2D eigenvalue weighted by Crippen LogP contribution is 2.34. The number of carbonyl (C=O) groups is 4. The third kappa shape index (κ3) is 16.0. The summed E-state index contributed by atoms with van der Waals surface area (Å²) in [5.74, 6) is -2.50. The number of nitrogens with two attached hydrogens (primary N) is 1. The van der Waals surface area contributed by atoms with Crippen molar-refractivity contribution >= 4 is 43.0 Å². The third-order valence-electron chi connectivity index (χ3n) is 5.96. The van der Waals surface area contributed by atoms with E-state index in [4.69, 9.17) is 26.2 Å². The number of hydrogen-bond acceptors (Lipinski definition) is 8. The molecule has 0 unspecified atom stereocenters. The van der Waals surface area contributed by atoms with Crippen LogP contribution in [0.2, 0.25) is 19.6 Å². The highest BCUT2D eigenvalue weighted by Gasteiger charge is 2.37. The predicted octanol–water partition coefficient (Wildman–Crippen LogP) is 5.03. The Labute approximate surface area is 263 Å². The zero-order valence-electron chi connectivity index (χ0n) is 26.5.